The summed E-state index contributed by atoms with van der Waals surface area (Å²) < 4.78 is 5.45. The van der Waals surface area contributed by atoms with Gasteiger partial charge in [-0.2, -0.15) is 0 Å². The van der Waals surface area contributed by atoms with Gasteiger partial charge in [0.1, 0.15) is 0 Å². The minimum atomic E-state index is -0.680. The second kappa shape index (κ2) is 45.0. The number of ether oxygens (including phenoxy) is 1. The highest BCUT2D eigenvalue weighted by Gasteiger charge is 2.20. The van der Waals surface area contributed by atoms with Gasteiger partial charge in [0.15, 0.2) is 0 Å². The number of hydrogen-bond donors (Lipinski definition) is 3. The number of aliphatic hydroxyl groups is 2. The molecule has 1 amide bonds. The number of esters is 1. The Morgan fingerprint density at radius 3 is 1.40 bits per heavy atom. The fourth-order valence-electron chi connectivity index (χ4n) is 7.26. The molecule has 0 aliphatic carbocycles. The topological polar surface area (TPSA) is 95.9 Å². The van der Waals surface area contributed by atoms with Crippen molar-refractivity contribution in [3.8, 4) is 0 Å². The Kier molecular flexibility index (Phi) is 43.7. The van der Waals surface area contributed by atoms with Crippen molar-refractivity contribution >= 4 is 11.9 Å². The van der Waals surface area contributed by atoms with Gasteiger partial charge in [0.05, 0.1) is 25.4 Å². The van der Waals surface area contributed by atoms with E-state index in [0.717, 1.165) is 64.2 Å². The van der Waals surface area contributed by atoms with E-state index in [1.807, 2.05) is 0 Å². The van der Waals surface area contributed by atoms with Gasteiger partial charge in [0.25, 0.3) is 0 Å². The molecule has 0 rings (SSSR count). The Morgan fingerprint density at radius 2 is 0.909 bits per heavy atom. The maximum Gasteiger partial charge on any atom is 0.305 e. The van der Waals surface area contributed by atoms with Gasteiger partial charge in [-0.25, -0.2) is 0 Å². The summed E-state index contributed by atoms with van der Waals surface area (Å²) in [6.07, 6.45) is 51.3. The Balaban J connectivity index is 3.48. The molecule has 324 valence electrons. The molecule has 0 fully saturated rings. The molecular weight excluding hydrogens is 683 g/mol. The molecule has 0 radical (unpaired) electrons. The van der Waals surface area contributed by atoms with E-state index in [1.54, 1.807) is 0 Å². The summed E-state index contributed by atoms with van der Waals surface area (Å²) in [5.41, 5.74) is 0. The molecule has 0 saturated carbocycles. The zero-order valence-electron chi connectivity index (χ0n) is 36.7. The van der Waals surface area contributed by atoms with Gasteiger partial charge in [0.2, 0.25) is 5.91 Å². The molecule has 6 heteroatoms. The zero-order valence-corrected chi connectivity index (χ0v) is 36.7. The third-order valence-corrected chi connectivity index (χ3v) is 11.0. The average molecular weight is 776 g/mol. The number of nitrogens with one attached hydrogen (secondary N) is 1. The normalized spacial score (nSPS) is 12.9. The highest BCUT2D eigenvalue weighted by Crippen LogP contribution is 2.15. The van der Waals surface area contributed by atoms with Crippen LogP contribution in [-0.2, 0) is 14.3 Å². The molecule has 55 heavy (non-hydrogen) atoms. The molecule has 0 saturated heterocycles. The number of allylic oxidation sites excluding steroid dienone is 4. The quantitative estimate of drug-likeness (QED) is 0.0325. The van der Waals surface area contributed by atoms with E-state index in [1.165, 1.54) is 154 Å². The molecule has 0 aliphatic rings. The monoisotopic (exact) mass is 776 g/mol. The van der Waals surface area contributed by atoms with Gasteiger partial charge in [-0.15, -0.1) is 0 Å². The molecule has 0 aromatic carbocycles. The lowest BCUT2D eigenvalue weighted by molar-refractivity contribution is -0.143. The molecule has 0 aromatic heterocycles. The zero-order chi connectivity index (χ0) is 40.1. The summed E-state index contributed by atoms with van der Waals surface area (Å²) in [5.74, 6) is -0.0978. The van der Waals surface area contributed by atoms with Crippen LogP contribution in [0.15, 0.2) is 24.3 Å². The average Bonchev–Trinajstić information content (AvgIpc) is 3.18. The first kappa shape index (κ1) is 53.3. The third kappa shape index (κ3) is 41.8. The van der Waals surface area contributed by atoms with E-state index >= 15 is 0 Å². The summed E-state index contributed by atoms with van der Waals surface area (Å²) in [6, 6.07) is -0.560. The first-order valence-electron chi connectivity index (χ1n) is 24.1. The fraction of sp³-hybridized carbons (Fsp3) is 0.878. The van der Waals surface area contributed by atoms with Crippen LogP contribution in [0.2, 0.25) is 0 Å². The van der Waals surface area contributed by atoms with Crippen molar-refractivity contribution in [1.29, 1.82) is 0 Å². The lowest BCUT2D eigenvalue weighted by Crippen LogP contribution is -2.45. The number of unbranched alkanes of at least 4 members (excludes halogenated alkanes) is 29. The standard InChI is InChI=1S/C49H93NO5/c1-3-5-7-9-11-13-15-16-17-18-19-20-21-23-27-31-35-39-43-49(54)55-44-40-36-32-28-24-26-30-34-38-42-48(53)50-46(45-51)47(52)41-37-33-29-25-22-14-12-10-8-6-4-2/h13,15,17-18,46-47,51-52H,3-12,14,16,19-45H2,1-2H3,(H,50,53)/b15-13-,18-17-. The Morgan fingerprint density at radius 1 is 0.509 bits per heavy atom. The van der Waals surface area contributed by atoms with Crippen molar-refractivity contribution in [3.63, 3.8) is 0 Å². The summed E-state index contributed by atoms with van der Waals surface area (Å²) in [6.45, 7) is 4.85. The van der Waals surface area contributed by atoms with E-state index in [-0.39, 0.29) is 18.5 Å². The van der Waals surface area contributed by atoms with E-state index in [9.17, 15) is 19.8 Å². The van der Waals surface area contributed by atoms with Gasteiger partial charge in [-0.1, -0.05) is 205 Å². The predicted octanol–water partition coefficient (Wildman–Crippen LogP) is 14.0. The lowest BCUT2D eigenvalue weighted by atomic mass is 10.0. The second-order valence-electron chi connectivity index (χ2n) is 16.4. The summed E-state index contributed by atoms with van der Waals surface area (Å²) >= 11 is 0. The number of carbonyl (C=O) groups is 2. The smallest absolute Gasteiger partial charge is 0.305 e. The Bertz CT molecular complexity index is 858. The second-order valence-corrected chi connectivity index (χ2v) is 16.4. The molecule has 2 unspecified atom stereocenters. The van der Waals surface area contributed by atoms with E-state index in [0.29, 0.717) is 25.9 Å². The summed E-state index contributed by atoms with van der Waals surface area (Å²) in [4.78, 5) is 24.4. The molecular formula is C49H93NO5. The number of hydrogen-bond acceptors (Lipinski definition) is 5. The van der Waals surface area contributed by atoms with E-state index < -0.39 is 12.1 Å². The molecule has 0 heterocycles. The van der Waals surface area contributed by atoms with E-state index in [2.05, 4.69) is 43.5 Å². The van der Waals surface area contributed by atoms with Crippen molar-refractivity contribution in [2.24, 2.45) is 0 Å². The highest BCUT2D eigenvalue weighted by molar-refractivity contribution is 5.76. The minimum absolute atomic E-state index is 0.0329. The third-order valence-electron chi connectivity index (χ3n) is 11.0. The number of aliphatic hydroxyl groups excluding tert-OH is 2. The van der Waals surface area contributed by atoms with Crippen LogP contribution < -0.4 is 5.32 Å². The first-order chi connectivity index (χ1) is 27.0. The molecule has 0 aromatic rings. The van der Waals surface area contributed by atoms with Crippen molar-refractivity contribution in [2.45, 2.75) is 264 Å². The van der Waals surface area contributed by atoms with Crippen LogP contribution in [0.4, 0.5) is 0 Å². The van der Waals surface area contributed by atoms with Gasteiger partial charge >= 0.3 is 5.97 Å². The Labute approximate surface area is 341 Å². The van der Waals surface area contributed by atoms with Gasteiger partial charge in [-0.05, 0) is 57.8 Å². The van der Waals surface area contributed by atoms with Crippen molar-refractivity contribution in [3.05, 3.63) is 24.3 Å². The molecule has 0 aliphatic heterocycles. The summed E-state index contributed by atoms with van der Waals surface area (Å²) in [7, 11) is 0. The molecule has 2 atom stereocenters. The van der Waals surface area contributed by atoms with Crippen LogP contribution in [0.1, 0.15) is 251 Å². The van der Waals surface area contributed by atoms with Crippen LogP contribution in [0, 0.1) is 0 Å². The van der Waals surface area contributed by atoms with Gasteiger partial charge in [0, 0.05) is 12.8 Å². The van der Waals surface area contributed by atoms with Crippen LogP contribution in [0.5, 0.6) is 0 Å². The SMILES string of the molecule is CCCCCC/C=C\C/C=C\CCCCCCCCCC(=O)OCCCCCCCCCCCC(=O)NC(CO)C(O)CCCCCCCCCCCCC. The number of carbonyl (C=O) groups excluding carboxylic acids is 2. The largest absolute Gasteiger partial charge is 0.466 e. The minimum Gasteiger partial charge on any atom is -0.466 e. The molecule has 6 nitrogen and oxygen atoms in total. The molecule has 0 spiro atoms. The van der Waals surface area contributed by atoms with Crippen molar-refractivity contribution in [1.82, 2.24) is 5.32 Å². The number of amides is 1. The highest BCUT2D eigenvalue weighted by atomic mass is 16.5. The van der Waals surface area contributed by atoms with Crippen molar-refractivity contribution < 1.29 is 24.5 Å². The maximum absolute atomic E-state index is 12.4. The summed E-state index contributed by atoms with van der Waals surface area (Å²) in [5, 5.41) is 23.1. The maximum atomic E-state index is 12.4. The van der Waals surface area contributed by atoms with Crippen molar-refractivity contribution in [2.75, 3.05) is 13.2 Å². The van der Waals surface area contributed by atoms with Crippen LogP contribution in [0.3, 0.4) is 0 Å². The van der Waals surface area contributed by atoms with Crippen LogP contribution in [-0.4, -0.2) is 47.4 Å². The van der Waals surface area contributed by atoms with E-state index in [4.69, 9.17) is 4.74 Å². The van der Waals surface area contributed by atoms with Gasteiger partial charge in [-0.3, -0.25) is 9.59 Å². The fourth-order valence-corrected chi connectivity index (χ4v) is 7.26. The molecule has 3 N–H and O–H groups in total. The predicted molar refractivity (Wildman–Crippen MR) is 236 cm³/mol. The first-order valence-corrected chi connectivity index (χ1v) is 24.1. The number of rotatable bonds is 44. The lowest BCUT2D eigenvalue weighted by Gasteiger charge is -2.22. The van der Waals surface area contributed by atoms with Crippen LogP contribution >= 0.6 is 0 Å². The van der Waals surface area contributed by atoms with Gasteiger partial charge < -0.3 is 20.3 Å². The molecule has 0 bridgehead atoms. The van der Waals surface area contributed by atoms with Crippen LogP contribution in [0.25, 0.3) is 0 Å². The Hall–Kier alpha value is -1.66.